The van der Waals surface area contributed by atoms with Gasteiger partial charge in [-0.2, -0.15) is 5.26 Å². The van der Waals surface area contributed by atoms with Crippen molar-refractivity contribution < 1.29 is 19.1 Å². The normalized spacial score (nSPS) is 22.5. The summed E-state index contributed by atoms with van der Waals surface area (Å²) in [5.41, 5.74) is 2.48. The molecule has 30 heavy (non-hydrogen) atoms. The first-order valence-electron chi connectivity index (χ1n) is 9.67. The lowest BCUT2D eigenvalue weighted by Crippen LogP contribution is -2.34. The first-order valence-corrected chi connectivity index (χ1v) is 9.67. The Balaban J connectivity index is 1.78. The van der Waals surface area contributed by atoms with Gasteiger partial charge in [-0.3, -0.25) is 9.59 Å². The number of carbonyl (C=O) groups is 2. The largest absolute Gasteiger partial charge is 0.469 e. The third-order valence-corrected chi connectivity index (χ3v) is 5.62. The van der Waals surface area contributed by atoms with Gasteiger partial charge in [-0.25, -0.2) is 0 Å². The van der Waals surface area contributed by atoms with Crippen LogP contribution in [0.1, 0.15) is 12.0 Å². The van der Waals surface area contributed by atoms with Gasteiger partial charge in [0.2, 0.25) is 0 Å². The number of nitriles is 1. The first-order chi connectivity index (χ1) is 14.5. The summed E-state index contributed by atoms with van der Waals surface area (Å²) in [5, 5.41) is 8.91. The summed E-state index contributed by atoms with van der Waals surface area (Å²) in [6.07, 6.45) is 3.99. The maximum absolute atomic E-state index is 13.0. The summed E-state index contributed by atoms with van der Waals surface area (Å²) in [7, 11) is 1.31. The van der Waals surface area contributed by atoms with E-state index >= 15 is 0 Å². The van der Waals surface area contributed by atoms with Crippen molar-refractivity contribution in [3.8, 4) is 22.9 Å². The highest BCUT2D eigenvalue weighted by molar-refractivity contribution is 5.85. The van der Waals surface area contributed by atoms with E-state index in [9.17, 15) is 9.59 Å². The van der Waals surface area contributed by atoms with Crippen molar-refractivity contribution in [3.05, 3.63) is 79.4 Å². The molecule has 0 amide bonds. The second-order valence-corrected chi connectivity index (χ2v) is 7.24. The monoisotopic (exact) mass is 401 g/mol. The number of methoxy groups -OCH3 is 1. The number of allylic oxidation sites excluding steroid dienone is 2. The van der Waals surface area contributed by atoms with Gasteiger partial charge in [0.25, 0.3) is 0 Å². The summed E-state index contributed by atoms with van der Waals surface area (Å²) in [6, 6.07) is 16.4. The molecular weight excluding hydrogens is 378 g/mol. The molecule has 1 fully saturated rings. The molecule has 0 aliphatic heterocycles. The van der Waals surface area contributed by atoms with E-state index in [1.807, 2.05) is 24.3 Å². The first kappa shape index (κ1) is 21.1. The van der Waals surface area contributed by atoms with Crippen molar-refractivity contribution in [1.29, 1.82) is 5.26 Å². The molecule has 0 saturated heterocycles. The van der Waals surface area contributed by atoms with E-state index in [0.29, 0.717) is 17.7 Å². The second kappa shape index (κ2) is 9.23. The van der Waals surface area contributed by atoms with Crippen LogP contribution in [0.3, 0.4) is 0 Å². The number of benzene rings is 2. The van der Waals surface area contributed by atoms with Gasteiger partial charge in [0.1, 0.15) is 5.75 Å². The summed E-state index contributed by atoms with van der Waals surface area (Å²) < 4.78 is 10.5. The summed E-state index contributed by atoms with van der Waals surface area (Å²) in [4.78, 5) is 25.3. The average Bonchev–Trinajstić information content (AvgIpc) is 3.18. The molecule has 152 valence electrons. The van der Waals surface area contributed by atoms with Crippen LogP contribution >= 0.6 is 0 Å². The SMILES string of the molecule is C=CC1CC(C=C)C(C(=O)Oc2ccc(-c3ccc(C#N)cc3)cc2)C1C(=O)OC. The Hall–Kier alpha value is -3.65. The van der Waals surface area contributed by atoms with E-state index in [0.717, 1.165) is 11.1 Å². The van der Waals surface area contributed by atoms with E-state index in [1.54, 1.807) is 36.4 Å². The standard InChI is InChI=1S/C25H23NO4/c1-4-17-14-18(5-2)23(22(17)24(27)29-3)25(28)30-21-12-10-20(11-13-21)19-8-6-16(15-26)7-9-19/h4-13,17-18,22-23H,1-2,14H2,3H3. The van der Waals surface area contributed by atoms with Gasteiger partial charge in [-0.05, 0) is 53.6 Å². The number of carbonyl (C=O) groups excluding carboxylic acids is 2. The lowest BCUT2D eigenvalue weighted by Gasteiger charge is -2.21. The Morgan fingerprint density at radius 2 is 1.43 bits per heavy atom. The number of nitrogens with zero attached hydrogens (tertiary/aromatic N) is 1. The van der Waals surface area contributed by atoms with Crippen molar-refractivity contribution in [2.75, 3.05) is 7.11 Å². The minimum Gasteiger partial charge on any atom is -0.469 e. The molecule has 3 rings (SSSR count). The quantitative estimate of drug-likeness (QED) is 0.403. The predicted octanol–water partition coefficient (Wildman–Crippen LogP) is 4.54. The van der Waals surface area contributed by atoms with Crippen LogP contribution in [0.5, 0.6) is 5.75 Å². The average molecular weight is 401 g/mol. The zero-order chi connectivity index (χ0) is 21.7. The molecule has 0 radical (unpaired) electrons. The summed E-state index contributed by atoms with van der Waals surface area (Å²) in [6.45, 7) is 7.61. The van der Waals surface area contributed by atoms with Gasteiger partial charge < -0.3 is 9.47 Å². The van der Waals surface area contributed by atoms with Crippen molar-refractivity contribution >= 4 is 11.9 Å². The van der Waals surface area contributed by atoms with Gasteiger partial charge >= 0.3 is 11.9 Å². The number of hydrogen-bond acceptors (Lipinski definition) is 5. The molecule has 5 heteroatoms. The summed E-state index contributed by atoms with van der Waals surface area (Å²) >= 11 is 0. The number of hydrogen-bond donors (Lipinski definition) is 0. The van der Waals surface area contributed by atoms with Crippen LogP contribution in [0.4, 0.5) is 0 Å². The summed E-state index contributed by atoms with van der Waals surface area (Å²) in [5.74, 6) is -2.20. The zero-order valence-electron chi connectivity index (χ0n) is 16.8. The van der Waals surface area contributed by atoms with Crippen molar-refractivity contribution in [3.63, 3.8) is 0 Å². The molecule has 4 unspecified atom stereocenters. The fourth-order valence-electron chi connectivity index (χ4n) is 4.04. The Labute approximate surface area is 176 Å². The topological polar surface area (TPSA) is 76.4 Å². The smallest absolute Gasteiger partial charge is 0.315 e. The van der Waals surface area contributed by atoms with Crippen molar-refractivity contribution in [1.82, 2.24) is 0 Å². The molecule has 0 bridgehead atoms. The Bertz CT molecular complexity index is 985. The fourth-order valence-corrected chi connectivity index (χ4v) is 4.04. The van der Waals surface area contributed by atoms with Crippen molar-refractivity contribution in [2.24, 2.45) is 23.7 Å². The lowest BCUT2D eigenvalue weighted by molar-refractivity contribution is -0.154. The number of ether oxygens (including phenoxy) is 2. The zero-order valence-corrected chi connectivity index (χ0v) is 16.8. The second-order valence-electron chi connectivity index (χ2n) is 7.24. The van der Waals surface area contributed by atoms with Crippen LogP contribution in [0.25, 0.3) is 11.1 Å². The molecule has 5 nitrogen and oxygen atoms in total. The van der Waals surface area contributed by atoms with Gasteiger partial charge in [0, 0.05) is 0 Å². The van der Waals surface area contributed by atoms with E-state index in [1.165, 1.54) is 7.11 Å². The van der Waals surface area contributed by atoms with Crippen LogP contribution in [0, 0.1) is 35.0 Å². The van der Waals surface area contributed by atoms with Crippen LogP contribution in [0.15, 0.2) is 73.8 Å². The number of rotatable bonds is 6. The lowest BCUT2D eigenvalue weighted by atomic mass is 9.87. The molecule has 2 aromatic rings. The molecule has 4 atom stereocenters. The maximum atomic E-state index is 13.0. The third-order valence-electron chi connectivity index (χ3n) is 5.62. The molecular formula is C25H23NO4. The van der Waals surface area contributed by atoms with E-state index in [2.05, 4.69) is 19.2 Å². The minimum atomic E-state index is -0.670. The van der Waals surface area contributed by atoms with Crippen LogP contribution in [-0.4, -0.2) is 19.0 Å². The van der Waals surface area contributed by atoms with E-state index in [-0.39, 0.29) is 11.8 Å². The molecule has 0 N–H and O–H groups in total. The molecule has 2 aromatic carbocycles. The fraction of sp³-hybridized carbons (Fsp3) is 0.240. The highest BCUT2D eigenvalue weighted by Gasteiger charge is 2.50. The van der Waals surface area contributed by atoms with E-state index < -0.39 is 23.8 Å². The highest BCUT2D eigenvalue weighted by atomic mass is 16.5. The predicted molar refractivity (Wildman–Crippen MR) is 113 cm³/mol. The molecule has 0 spiro atoms. The highest BCUT2D eigenvalue weighted by Crippen LogP contribution is 2.44. The Morgan fingerprint density at radius 1 is 0.933 bits per heavy atom. The number of esters is 2. The van der Waals surface area contributed by atoms with Gasteiger partial charge in [0.05, 0.1) is 30.6 Å². The molecule has 1 aliphatic carbocycles. The molecule has 1 aliphatic rings. The Morgan fingerprint density at radius 3 is 1.90 bits per heavy atom. The van der Waals surface area contributed by atoms with Gasteiger partial charge in [-0.15, -0.1) is 13.2 Å². The van der Waals surface area contributed by atoms with Gasteiger partial charge in [-0.1, -0.05) is 36.4 Å². The van der Waals surface area contributed by atoms with E-state index in [4.69, 9.17) is 14.7 Å². The maximum Gasteiger partial charge on any atom is 0.315 e. The minimum absolute atomic E-state index is 0.170. The van der Waals surface area contributed by atoms with Crippen molar-refractivity contribution in [2.45, 2.75) is 6.42 Å². The Kier molecular flexibility index (Phi) is 6.48. The van der Waals surface area contributed by atoms with Crippen LogP contribution in [-0.2, 0) is 14.3 Å². The third kappa shape index (κ3) is 4.18. The van der Waals surface area contributed by atoms with Crippen LogP contribution in [0.2, 0.25) is 0 Å². The van der Waals surface area contributed by atoms with Crippen LogP contribution < -0.4 is 4.74 Å². The van der Waals surface area contributed by atoms with Gasteiger partial charge in [0.15, 0.2) is 0 Å². The molecule has 0 aromatic heterocycles. The molecule has 1 saturated carbocycles. The molecule has 0 heterocycles.